The normalized spacial score (nSPS) is 10.1. The van der Waals surface area contributed by atoms with Crippen LogP contribution in [0.5, 0.6) is 23.0 Å². The molecule has 0 saturated carbocycles. The highest BCUT2D eigenvalue weighted by atomic mass is 35.5. The summed E-state index contributed by atoms with van der Waals surface area (Å²) in [6, 6.07) is 10.3. The van der Waals surface area contributed by atoms with E-state index in [0.717, 1.165) is 0 Å². The largest absolute Gasteiger partial charge is 0.493 e. The molecule has 0 aliphatic rings. The van der Waals surface area contributed by atoms with Crippen LogP contribution < -0.4 is 24.3 Å². The minimum absolute atomic E-state index is 0.186. The van der Waals surface area contributed by atoms with E-state index in [0.29, 0.717) is 40.3 Å². The number of amides is 1. The van der Waals surface area contributed by atoms with Crippen LogP contribution in [0.1, 0.15) is 6.92 Å². The van der Waals surface area contributed by atoms with Crippen molar-refractivity contribution in [3.63, 3.8) is 0 Å². The summed E-state index contributed by atoms with van der Waals surface area (Å²) in [6.45, 7) is 2.20. The zero-order valence-electron chi connectivity index (χ0n) is 14.3. The molecule has 0 aromatic heterocycles. The van der Waals surface area contributed by atoms with Crippen molar-refractivity contribution in [2.24, 2.45) is 0 Å². The van der Waals surface area contributed by atoms with Gasteiger partial charge >= 0.3 is 0 Å². The fourth-order valence-electron chi connectivity index (χ4n) is 2.12. The average Bonchev–Trinajstić information content (AvgIpc) is 2.62. The topological polar surface area (TPSA) is 66.0 Å². The molecular weight excluding hydrogens is 346 g/mol. The minimum Gasteiger partial charge on any atom is -0.493 e. The number of methoxy groups -OCH3 is 2. The maximum Gasteiger partial charge on any atom is 0.262 e. The third-order valence-electron chi connectivity index (χ3n) is 3.26. The van der Waals surface area contributed by atoms with Gasteiger partial charge in [-0.2, -0.15) is 0 Å². The van der Waals surface area contributed by atoms with Crippen molar-refractivity contribution in [1.29, 1.82) is 0 Å². The molecule has 0 heterocycles. The Morgan fingerprint density at radius 3 is 2.20 bits per heavy atom. The van der Waals surface area contributed by atoms with Gasteiger partial charge in [0.15, 0.2) is 29.6 Å². The van der Waals surface area contributed by atoms with Crippen LogP contribution in [-0.4, -0.2) is 33.3 Å². The molecule has 0 spiro atoms. The van der Waals surface area contributed by atoms with Crippen LogP contribution in [0.15, 0.2) is 36.4 Å². The Balaban J connectivity index is 2.04. The van der Waals surface area contributed by atoms with Gasteiger partial charge in [-0.3, -0.25) is 4.79 Å². The molecular formula is C18H20ClNO5. The van der Waals surface area contributed by atoms with E-state index in [2.05, 4.69) is 5.32 Å². The monoisotopic (exact) mass is 365 g/mol. The van der Waals surface area contributed by atoms with E-state index >= 15 is 0 Å². The van der Waals surface area contributed by atoms with E-state index in [4.69, 9.17) is 30.5 Å². The van der Waals surface area contributed by atoms with Crippen LogP contribution in [0.4, 0.5) is 5.69 Å². The Kier molecular flexibility index (Phi) is 6.77. The van der Waals surface area contributed by atoms with Gasteiger partial charge in [0.1, 0.15) is 0 Å². The molecule has 0 atom stereocenters. The second-order valence-electron chi connectivity index (χ2n) is 4.90. The molecule has 0 bridgehead atoms. The zero-order valence-corrected chi connectivity index (χ0v) is 15.1. The van der Waals surface area contributed by atoms with Crippen LogP contribution in [0.3, 0.4) is 0 Å². The van der Waals surface area contributed by atoms with E-state index in [1.54, 1.807) is 30.3 Å². The number of halogens is 1. The van der Waals surface area contributed by atoms with Crippen molar-refractivity contribution >= 4 is 23.2 Å². The quantitative estimate of drug-likeness (QED) is 0.771. The lowest BCUT2D eigenvalue weighted by Gasteiger charge is -2.14. The van der Waals surface area contributed by atoms with E-state index in [1.165, 1.54) is 14.2 Å². The second-order valence-corrected chi connectivity index (χ2v) is 5.31. The van der Waals surface area contributed by atoms with Crippen LogP contribution in [0.2, 0.25) is 5.02 Å². The average molecular weight is 366 g/mol. The predicted octanol–water partition coefficient (Wildman–Crippen LogP) is 3.77. The number of para-hydroxylation sites is 2. The third kappa shape index (κ3) is 4.93. The molecule has 0 unspecified atom stereocenters. The first-order valence-corrected chi connectivity index (χ1v) is 8.02. The molecule has 0 fully saturated rings. The van der Waals surface area contributed by atoms with Crippen molar-refractivity contribution in [2.75, 3.05) is 32.8 Å². The second kappa shape index (κ2) is 9.03. The number of nitrogens with one attached hydrogen (secondary N) is 1. The van der Waals surface area contributed by atoms with Crippen LogP contribution in [0, 0.1) is 0 Å². The lowest BCUT2D eigenvalue weighted by molar-refractivity contribution is -0.118. The van der Waals surface area contributed by atoms with Gasteiger partial charge in [-0.25, -0.2) is 0 Å². The summed E-state index contributed by atoms with van der Waals surface area (Å²) in [5.74, 6) is 1.66. The Hall–Kier alpha value is -2.60. The lowest BCUT2D eigenvalue weighted by atomic mass is 10.2. The van der Waals surface area contributed by atoms with Crippen molar-refractivity contribution in [1.82, 2.24) is 0 Å². The number of anilines is 1. The molecule has 0 aliphatic heterocycles. The number of carbonyl (C=O) groups excluding carboxylic acids is 1. The molecule has 0 radical (unpaired) electrons. The molecule has 1 N–H and O–H groups in total. The van der Waals surface area contributed by atoms with E-state index in [-0.39, 0.29) is 12.5 Å². The van der Waals surface area contributed by atoms with Crippen molar-refractivity contribution < 1.29 is 23.7 Å². The molecule has 7 heteroatoms. The first-order chi connectivity index (χ1) is 12.1. The summed E-state index contributed by atoms with van der Waals surface area (Å²) in [5.41, 5.74) is 0.408. The fraction of sp³-hybridized carbons (Fsp3) is 0.278. The van der Waals surface area contributed by atoms with E-state index in [1.807, 2.05) is 13.0 Å². The Bertz CT molecular complexity index is 735. The van der Waals surface area contributed by atoms with Gasteiger partial charge in [-0.1, -0.05) is 23.7 Å². The number of carbonyl (C=O) groups is 1. The molecule has 0 saturated heterocycles. The Morgan fingerprint density at radius 1 is 1.00 bits per heavy atom. The third-order valence-corrected chi connectivity index (χ3v) is 3.57. The zero-order chi connectivity index (χ0) is 18.2. The van der Waals surface area contributed by atoms with Gasteiger partial charge < -0.3 is 24.3 Å². The van der Waals surface area contributed by atoms with Gasteiger partial charge in [0.2, 0.25) is 0 Å². The summed E-state index contributed by atoms with van der Waals surface area (Å²) < 4.78 is 21.3. The van der Waals surface area contributed by atoms with Crippen LogP contribution in [0.25, 0.3) is 0 Å². The van der Waals surface area contributed by atoms with Gasteiger partial charge in [0.05, 0.1) is 31.5 Å². The van der Waals surface area contributed by atoms with Crippen molar-refractivity contribution in [2.45, 2.75) is 6.92 Å². The van der Waals surface area contributed by atoms with Crippen LogP contribution >= 0.6 is 11.6 Å². The number of ether oxygens (including phenoxy) is 4. The summed E-state index contributed by atoms with van der Waals surface area (Å²) >= 11 is 6.15. The summed E-state index contributed by atoms with van der Waals surface area (Å²) in [4.78, 5) is 12.2. The van der Waals surface area contributed by atoms with Gasteiger partial charge in [-0.05, 0) is 19.1 Å². The Morgan fingerprint density at radius 2 is 1.60 bits per heavy atom. The van der Waals surface area contributed by atoms with Gasteiger partial charge in [-0.15, -0.1) is 0 Å². The van der Waals surface area contributed by atoms with E-state index < -0.39 is 0 Å². The molecule has 6 nitrogen and oxygen atoms in total. The predicted molar refractivity (Wildman–Crippen MR) is 96.3 cm³/mol. The summed E-state index contributed by atoms with van der Waals surface area (Å²) in [5, 5.41) is 3.02. The number of rotatable bonds is 8. The SMILES string of the molecule is CCOc1ccccc1OCC(=O)Nc1cc(OC)c(OC)cc1Cl. The van der Waals surface area contributed by atoms with Crippen LogP contribution in [-0.2, 0) is 4.79 Å². The summed E-state index contributed by atoms with van der Waals surface area (Å²) in [7, 11) is 3.02. The minimum atomic E-state index is -0.361. The lowest BCUT2D eigenvalue weighted by Crippen LogP contribution is -2.20. The molecule has 2 aromatic carbocycles. The highest BCUT2D eigenvalue weighted by Gasteiger charge is 2.13. The number of benzene rings is 2. The number of hydrogen-bond acceptors (Lipinski definition) is 5. The fourth-order valence-corrected chi connectivity index (χ4v) is 2.32. The first kappa shape index (κ1) is 18.7. The van der Waals surface area contributed by atoms with Crippen molar-refractivity contribution in [3.05, 3.63) is 41.4 Å². The molecule has 0 aliphatic carbocycles. The van der Waals surface area contributed by atoms with E-state index in [9.17, 15) is 4.79 Å². The molecule has 25 heavy (non-hydrogen) atoms. The molecule has 134 valence electrons. The highest BCUT2D eigenvalue weighted by molar-refractivity contribution is 6.34. The van der Waals surface area contributed by atoms with Gasteiger partial charge in [0, 0.05) is 12.1 Å². The molecule has 2 rings (SSSR count). The summed E-state index contributed by atoms with van der Waals surface area (Å²) in [6.07, 6.45) is 0. The highest BCUT2D eigenvalue weighted by Crippen LogP contribution is 2.36. The number of hydrogen-bond donors (Lipinski definition) is 1. The maximum absolute atomic E-state index is 12.2. The standard InChI is InChI=1S/C18H20ClNO5/c1-4-24-14-7-5-6-8-15(14)25-11-18(21)20-13-10-17(23-3)16(22-2)9-12(13)19/h5-10H,4,11H2,1-3H3,(H,20,21). The smallest absolute Gasteiger partial charge is 0.262 e. The molecule has 2 aromatic rings. The Labute approximate surface area is 151 Å². The maximum atomic E-state index is 12.2. The molecule has 1 amide bonds. The van der Waals surface area contributed by atoms with Gasteiger partial charge in [0.25, 0.3) is 5.91 Å². The van der Waals surface area contributed by atoms with Crippen molar-refractivity contribution in [3.8, 4) is 23.0 Å². The first-order valence-electron chi connectivity index (χ1n) is 7.65.